The monoisotopic (exact) mass is 278 g/mol. The number of esters is 1. The number of aryl methyl sites for hydroxylation is 1. The highest BCUT2D eigenvalue weighted by atomic mass is 16.5. The number of carbonyl (C=O) groups is 1. The quantitative estimate of drug-likeness (QED) is 0.674. The fourth-order valence-electron chi connectivity index (χ4n) is 2.26. The molecule has 21 heavy (non-hydrogen) atoms. The maximum atomic E-state index is 11.7. The van der Waals surface area contributed by atoms with E-state index in [1.54, 1.807) is 18.3 Å². The van der Waals surface area contributed by atoms with Crippen molar-refractivity contribution >= 4 is 17.0 Å². The van der Waals surface area contributed by atoms with Crippen LogP contribution < -0.4 is 0 Å². The number of benzene rings is 2. The molecule has 1 aromatic heterocycles. The van der Waals surface area contributed by atoms with Gasteiger partial charge >= 0.3 is 5.97 Å². The number of carbonyl (C=O) groups excluding carboxylic acids is 1. The number of rotatable bonds is 2. The molecule has 0 atom stereocenters. The average Bonchev–Trinajstić information content (AvgIpc) is 2.53. The van der Waals surface area contributed by atoms with Crippen molar-refractivity contribution in [2.75, 3.05) is 7.11 Å². The first-order valence-electron chi connectivity index (χ1n) is 6.59. The lowest BCUT2D eigenvalue weighted by atomic mass is 10.0. The first kappa shape index (κ1) is 13.2. The Kier molecular flexibility index (Phi) is 3.36. The Labute approximate surface area is 122 Å². The maximum absolute atomic E-state index is 11.7. The van der Waals surface area contributed by atoms with Gasteiger partial charge in [0.2, 0.25) is 0 Å². The van der Waals surface area contributed by atoms with Gasteiger partial charge in [0.1, 0.15) is 0 Å². The van der Waals surface area contributed by atoms with Crippen molar-refractivity contribution in [3.05, 3.63) is 59.8 Å². The van der Waals surface area contributed by atoms with E-state index in [9.17, 15) is 4.79 Å². The number of methoxy groups -OCH3 is 1. The summed E-state index contributed by atoms with van der Waals surface area (Å²) in [7, 11) is 1.38. The zero-order chi connectivity index (χ0) is 14.8. The summed E-state index contributed by atoms with van der Waals surface area (Å²) in [6.45, 7) is 1.93. The Balaban J connectivity index is 2.13. The van der Waals surface area contributed by atoms with Crippen LogP contribution in [0.4, 0.5) is 0 Å². The summed E-state index contributed by atoms with van der Waals surface area (Å²) in [6, 6.07) is 13.2. The third-order valence-corrected chi connectivity index (χ3v) is 3.24. The predicted octanol–water partition coefficient (Wildman–Crippen LogP) is 3.39. The second-order valence-corrected chi connectivity index (χ2v) is 4.82. The zero-order valence-electron chi connectivity index (χ0n) is 11.8. The van der Waals surface area contributed by atoms with Gasteiger partial charge in [0.15, 0.2) is 0 Å². The molecule has 3 rings (SSSR count). The molecule has 0 aliphatic carbocycles. The second kappa shape index (κ2) is 5.32. The van der Waals surface area contributed by atoms with E-state index in [1.165, 1.54) is 7.11 Å². The van der Waals surface area contributed by atoms with E-state index in [4.69, 9.17) is 4.74 Å². The molecule has 0 N–H and O–H groups in total. The molecule has 0 aliphatic heterocycles. The van der Waals surface area contributed by atoms with Crippen LogP contribution in [0.5, 0.6) is 0 Å². The van der Waals surface area contributed by atoms with Crippen LogP contribution in [0.1, 0.15) is 15.9 Å². The minimum Gasteiger partial charge on any atom is -0.465 e. The number of aromatic nitrogens is 2. The van der Waals surface area contributed by atoms with Crippen molar-refractivity contribution in [1.29, 1.82) is 0 Å². The Hall–Kier alpha value is -2.75. The Morgan fingerprint density at radius 2 is 1.86 bits per heavy atom. The predicted molar refractivity (Wildman–Crippen MR) is 81.1 cm³/mol. The highest BCUT2D eigenvalue weighted by molar-refractivity contribution is 5.91. The molecule has 0 saturated heterocycles. The highest BCUT2D eigenvalue weighted by Gasteiger charge is 2.10. The summed E-state index contributed by atoms with van der Waals surface area (Å²) >= 11 is 0. The highest BCUT2D eigenvalue weighted by Crippen LogP contribution is 2.22. The molecular formula is C17H14N2O2. The fourth-order valence-corrected chi connectivity index (χ4v) is 2.26. The molecule has 0 radical (unpaired) electrons. The largest absolute Gasteiger partial charge is 0.465 e. The van der Waals surface area contributed by atoms with Gasteiger partial charge in [0.25, 0.3) is 0 Å². The standard InChI is InChI=1S/C17H14N2O2/c1-11-7-12(9-13(8-11)17(20)21-2)16-10-18-14-5-3-4-6-15(14)19-16/h3-10H,1-2H3. The Morgan fingerprint density at radius 3 is 2.62 bits per heavy atom. The van der Waals surface area contributed by atoms with Gasteiger partial charge in [-0.05, 0) is 42.8 Å². The van der Waals surface area contributed by atoms with Crippen molar-refractivity contribution in [3.63, 3.8) is 0 Å². The molecular weight excluding hydrogens is 264 g/mol. The first-order valence-corrected chi connectivity index (χ1v) is 6.59. The van der Waals surface area contributed by atoms with Crippen LogP contribution in [-0.2, 0) is 4.74 Å². The molecule has 0 fully saturated rings. The summed E-state index contributed by atoms with van der Waals surface area (Å²) in [4.78, 5) is 20.7. The van der Waals surface area contributed by atoms with Gasteiger partial charge in [0, 0.05) is 5.56 Å². The van der Waals surface area contributed by atoms with Gasteiger partial charge in [-0.1, -0.05) is 12.1 Å². The molecule has 4 nitrogen and oxygen atoms in total. The number of ether oxygens (including phenoxy) is 1. The third kappa shape index (κ3) is 2.60. The van der Waals surface area contributed by atoms with Crippen LogP contribution in [0.3, 0.4) is 0 Å². The van der Waals surface area contributed by atoms with Crippen molar-refractivity contribution in [2.45, 2.75) is 6.92 Å². The van der Waals surface area contributed by atoms with E-state index in [0.717, 1.165) is 27.9 Å². The number of para-hydroxylation sites is 2. The molecule has 4 heteroatoms. The van der Waals surface area contributed by atoms with Crippen LogP contribution in [-0.4, -0.2) is 23.0 Å². The van der Waals surface area contributed by atoms with Gasteiger partial charge in [-0.3, -0.25) is 4.98 Å². The molecule has 0 saturated carbocycles. The van der Waals surface area contributed by atoms with E-state index >= 15 is 0 Å². The molecule has 0 amide bonds. The molecule has 0 unspecified atom stereocenters. The number of hydrogen-bond acceptors (Lipinski definition) is 4. The van der Waals surface area contributed by atoms with Gasteiger partial charge in [0.05, 0.1) is 35.6 Å². The van der Waals surface area contributed by atoms with E-state index in [-0.39, 0.29) is 5.97 Å². The van der Waals surface area contributed by atoms with Gasteiger partial charge in [-0.25, -0.2) is 9.78 Å². The second-order valence-electron chi connectivity index (χ2n) is 4.82. The summed E-state index contributed by atoms with van der Waals surface area (Å²) in [6.07, 6.45) is 1.72. The molecule has 0 spiro atoms. The fraction of sp³-hybridized carbons (Fsp3) is 0.118. The van der Waals surface area contributed by atoms with Crippen molar-refractivity contribution in [1.82, 2.24) is 9.97 Å². The Morgan fingerprint density at radius 1 is 1.10 bits per heavy atom. The smallest absolute Gasteiger partial charge is 0.337 e. The summed E-state index contributed by atoms with van der Waals surface area (Å²) in [5, 5.41) is 0. The zero-order valence-corrected chi connectivity index (χ0v) is 11.8. The molecule has 3 aromatic rings. The van der Waals surface area contributed by atoms with E-state index in [1.807, 2.05) is 37.3 Å². The maximum Gasteiger partial charge on any atom is 0.337 e. The van der Waals surface area contributed by atoms with Crippen LogP contribution in [0.25, 0.3) is 22.3 Å². The molecule has 0 bridgehead atoms. The normalized spacial score (nSPS) is 10.6. The lowest BCUT2D eigenvalue weighted by Crippen LogP contribution is -2.02. The first-order chi connectivity index (χ1) is 10.2. The topological polar surface area (TPSA) is 52.1 Å². The molecule has 0 aliphatic rings. The van der Waals surface area contributed by atoms with Gasteiger partial charge in [-0.15, -0.1) is 0 Å². The SMILES string of the molecule is COC(=O)c1cc(C)cc(-c2cnc3ccccc3n2)c1. The van der Waals surface area contributed by atoms with Crippen LogP contribution in [0.2, 0.25) is 0 Å². The molecule has 104 valence electrons. The van der Waals surface area contributed by atoms with Gasteiger partial charge < -0.3 is 4.74 Å². The average molecular weight is 278 g/mol. The summed E-state index contributed by atoms with van der Waals surface area (Å²) in [5.74, 6) is -0.353. The van der Waals surface area contributed by atoms with Crippen LogP contribution in [0, 0.1) is 6.92 Å². The van der Waals surface area contributed by atoms with E-state index < -0.39 is 0 Å². The summed E-state index contributed by atoms with van der Waals surface area (Å²) in [5.41, 5.74) is 4.76. The lowest BCUT2D eigenvalue weighted by molar-refractivity contribution is 0.0600. The third-order valence-electron chi connectivity index (χ3n) is 3.24. The van der Waals surface area contributed by atoms with Crippen molar-refractivity contribution in [2.24, 2.45) is 0 Å². The van der Waals surface area contributed by atoms with Crippen molar-refractivity contribution < 1.29 is 9.53 Å². The number of hydrogen-bond donors (Lipinski definition) is 0. The number of nitrogens with zero attached hydrogens (tertiary/aromatic N) is 2. The van der Waals surface area contributed by atoms with E-state index in [2.05, 4.69) is 9.97 Å². The minimum absolute atomic E-state index is 0.353. The van der Waals surface area contributed by atoms with Gasteiger partial charge in [-0.2, -0.15) is 0 Å². The minimum atomic E-state index is -0.353. The van der Waals surface area contributed by atoms with Crippen LogP contribution >= 0.6 is 0 Å². The van der Waals surface area contributed by atoms with Crippen molar-refractivity contribution in [3.8, 4) is 11.3 Å². The molecule has 2 aromatic carbocycles. The van der Waals surface area contributed by atoms with E-state index in [0.29, 0.717) is 5.56 Å². The number of fused-ring (bicyclic) bond motifs is 1. The lowest BCUT2D eigenvalue weighted by Gasteiger charge is -2.07. The van der Waals surface area contributed by atoms with Crippen LogP contribution in [0.15, 0.2) is 48.7 Å². The summed E-state index contributed by atoms with van der Waals surface area (Å²) < 4.78 is 4.78. The Bertz CT molecular complexity index is 828. The molecule has 1 heterocycles.